The summed E-state index contributed by atoms with van der Waals surface area (Å²) in [4.78, 5) is 4.08. The van der Waals surface area contributed by atoms with Gasteiger partial charge in [0.2, 0.25) is 0 Å². The monoisotopic (exact) mass is 282 g/mol. The Morgan fingerprint density at radius 2 is 1.71 bits per heavy atom. The second-order valence-electron chi connectivity index (χ2n) is 4.42. The molecule has 3 rings (SSSR count). The highest BCUT2D eigenvalue weighted by molar-refractivity contribution is 5.68. The predicted molar refractivity (Wildman–Crippen MR) is 78.3 cm³/mol. The summed E-state index contributed by atoms with van der Waals surface area (Å²) in [6, 6.07) is 11.2. The number of benzene rings is 1. The van der Waals surface area contributed by atoms with Crippen LogP contribution in [0.1, 0.15) is 0 Å². The molecule has 0 saturated carbocycles. The summed E-state index contributed by atoms with van der Waals surface area (Å²) >= 11 is 0. The minimum Gasteiger partial charge on any atom is -0.497 e. The van der Waals surface area contributed by atoms with Crippen molar-refractivity contribution < 1.29 is 14.0 Å². The number of rotatable bonds is 4. The van der Waals surface area contributed by atoms with E-state index in [-0.39, 0.29) is 0 Å². The van der Waals surface area contributed by atoms with Crippen LogP contribution in [0.25, 0.3) is 22.6 Å². The van der Waals surface area contributed by atoms with Crippen LogP contribution in [0, 0.1) is 0 Å². The van der Waals surface area contributed by atoms with Gasteiger partial charge in [0, 0.05) is 35.7 Å². The van der Waals surface area contributed by atoms with Crippen LogP contribution in [0.3, 0.4) is 0 Å². The van der Waals surface area contributed by atoms with Crippen LogP contribution in [0.15, 0.2) is 53.3 Å². The molecular weight excluding hydrogens is 268 g/mol. The minimum absolute atomic E-state index is 0.644. The van der Waals surface area contributed by atoms with Gasteiger partial charge in [-0.05, 0) is 24.3 Å². The van der Waals surface area contributed by atoms with Gasteiger partial charge in [0.15, 0.2) is 5.76 Å². The molecule has 0 aliphatic carbocycles. The Labute approximate surface area is 122 Å². The molecule has 0 radical (unpaired) electrons. The zero-order chi connectivity index (χ0) is 14.7. The van der Waals surface area contributed by atoms with E-state index >= 15 is 0 Å². The minimum atomic E-state index is 0.644. The van der Waals surface area contributed by atoms with Gasteiger partial charge in [-0.15, -0.1) is 0 Å². The summed E-state index contributed by atoms with van der Waals surface area (Å²) in [5, 5.41) is 4.08. The third-order valence-corrected chi connectivity index (χ3v) is 3.10. The first-order valence-corrected chi connectivity index (χ1v) is 6.40. The maximum Gasteiger partial charge on any atom is 0.167 e. The van der Waals surface area contributed by atoms with E-state index in [2.05, 4.69) is 10.1 Å². The molecular formula is C16H14N2O3. The van der Waals surface area contributed by atoms with Gasteiger partial charge >= 0.3 is 0 Å². The Hall–Kier alpha value is -2.82. The summed E-state index contributed by atoms with van der Waals surface area (Å²) in [6.07, 6.45) is 3.46. The molecule has 0 aliphatic heterocycles. The molecule has 0 amide bonds. The maximum absolute atomic E-state index is 5.42. The lowest BCUT2D eigenvalue weighted by Crippen LogP contribution is -1.88. The van der Waals surface area contributed by atoms with E-state index in [1.54, 1.807) is 26.6 Å². The van der Waals surface area contributed by atoms with Crippen molar-refractivity contribution in [2.24, 2.45) is 0 Å². The van der Waals surface area contributed by atoms with Gasteiger partial charge in [-0.3, -0.25) is 4.98 Å². The summed E-state index contributed by atoms with van der Waals surface area (Å²) in [7, 11) is 3.22. The first-order valence-electron chi connectivity index (χ1n) is 6.40. The Balaban J connectivity index is 2.00. The molecule has 2 aromatic heterocycles. The molecule has 1 aromatic carbocycles. The van der Waals surface area contributed by atoms with Crippen molar-refractivity contribution in [2.75, 3.05) is 14.2 Å². The van der Waals surface area contributed by atoms with Crippen molar-refractivity contribution in [3.05, 3.63) is 48.8 Å². The lowest BCUT2D eigenvalue weighted by molar-refractivity contribution is 0.393. The standard InChI is InChI=1S/C16H14N2O3/c1-19-13-6-12(7-14(8-13)20-2)16-9-15(18-21-16)11-4-3-5-17-10-11/h3-10H,1-2H3. The molecule has 0 aliphatic rings. The number of nitrogens with zero attached hydrogens (tertiary/aromatic N) is 2. The zero-order valence-electron chi connectivity index (χ0n) is 11.7. The first-order chi connectivity index (χ1) is 10.3. The van der Waals surface area contributed by atoms with Crippen LogP contribution in [0.5, 0.6) is 11.5 Å². The largest absolute Gasteiger partial charge is 0.497 e. The molecule has 0 saturated heterocycles. The quantitative estimate of drug-likeness (QED) is 0.733. The molecule has 3 aromatic rings. The van der Waals surface area contributed by atoms with Crippen molar-refractivity contribution >= 4 is 0 Å². The lowest BCUT2D eigenvalue weighted by Gasteiger charge is -2.06. The Kier molecular flexibility index (Phi) is 3.55. The van der Waals surface area contributed by atoms with Crippen LogP contribution >= 0.6 is 0 Å². The van der Waals surface area contributed by atoms with E-state index in [4.69, 9.17) is 14.0 Å². The van der Waals surface area contributed by atoms with Crippen molar-refractivity contribution in [3.63, 3.8) is 0 Å². The third-order valence-electron chi connectivity index (χ3n) is 3.10. The van der Waals surface area contributed by atoms with Crippen molar-refractivity contribution in [1.82, 2.24) is 10.1 Å². The van der Waals surface area contributed by atoms with Gasteiger partial charge in [-0.1, -0.05) is 5.16 Å². The average Bonchev–Trinajstić information content (AvgIpc) is 3.05. The molecule has 106 valence electrons. The normalized spacial score (nSPS) is 10.4. The fourth-order valence-electron chi connectivity index (χ4n) is 2.01. The average molecular weight is 282 g/mol. The van der Waals surface area contributed by atoms with Gasteiger partial charge in [0.05, 0.1) is 14.2 Å². The van der Waals surface area contributed by atoms with E-state index in [1.165, 1.54) is 0 Å². The summed E-state index contributed by atoms with van der Waals surface area (Å²) < 4.78 is 15.9. The van der Waals surface area contributed by atoms with E-state index in [1.807, 2.05) is 36.4 Å². The van der Waals surface area contributed by atoms with Crippen LogP contribution in [0.2, 0.25) is 0 Å². The van der Waals surface area contributed by atoms with E-state index in [0.717, 1.165) is 16.8 Å². The highest BCUT2D eigenvalue weighted by Gasteiger charge is 2.11. The fraction of sp³-hybridized carbons (Fsp3) is 0.125. The Morgan fingerprint density at radius 1 is 0.952 bits per heavy atom. The maximum atomic E-state index is 5.42. The molecule has 0 unspecified atom stereocenters. The molecule has 2 heterocycles. The molecule has 0 bridgehead atoms. The molecule has 0 N–H and O–H groups in total. The Morgan fingerprint density at radius 3 is 2.33 bits per heavy atom. The van der Waals surface area contributed by atoms with Gasteiger partial charge in [-0.25, -0.2) is 0 Å². The number of pyridine rings is 1. The smallest absolute Gasteiger partial charge is 0.167 e. The second kappa shape index (κ2) is 5.66. The molecule has 5 heteroatoms. The van der Waals surface area contributed by atoms with Gasteiger partial charge < -0.3 is 14.0 Å². The van der Waals surface area contributed by atoms with Crippen LogP contribution in [-0.4, -0.2) is 24.4 Å². The highest BCUT2D eigenvalue weighted by atomic mass is 16.5. The fourth-order valence-corrected chi connectivity index (χ4v) is 2.01. The van der Waals surface area contributed by atoms with Gasteiger partial charge in [0.1, 0.15) is 17.2 Å². The molecule has 0 atom stereocenters. The SMILES string of the molecule is COc1cc(OC)cc(-c2cc(-c3cccnc3)no2)c1. The number of aromatic nitrogens is 2. The van der Waals surface area contributed by atoms with E-state index < -0.39 is 0 Å². The van der Waals surface area contributed by atoms with Crippen LogP contribution in [-0.2, 0) is 0 Å². The number of ether oxygens (including phenoxy) is 2. The summed E-state index contributed by atoms with van der Waals surface area (Å²) in [5.41, 5.74) is 2.48. The molecule has 5 nitrogen and oxygen atoms in total. The third kappa shape index (κ3) is 2.72. The van der Waals surface area contributed by atoms with E-state index in [0.29, 0.717) is 17.3 Å². The number of hydrogen-bond donors (Lipinski definition) is 0. The number of hydrogen-bond acceptors (Lipinski definition) is 5. The zero-order valence-corrected chi connectivity index (χ0v) is 11.7. The molecule has 0 spiro atoms. The second-order valence-corrected chi connectivity index (χ2v) is 4.42. The molecule has 21 heavy (non-hydrogen) atoms. The van der Waals surface area contributed by atoms with Crippen molar-refractivity contribution in [2.45, 2.75) is 0 Å². The van der Waals surface area contributed by atoms with E-state index in [9.17, 15) is 0 Å². The molecule has 0 fully saturated rings. The van der Waals surface area contributed by atoms with Crippen LogP contribution in [0.4, 0.5) is 0 Å². The summed E-state index contributed by atoms with van der Waals surface area (Å²) in [6.45, 7) is 0. The van der Waals surface area contributed by atoms with Crippen LogP contribution < -0.4 is 9.47 Å². The first kappa shape index (κ1) is 13.2. The van der Waals surface area contributed by atoms with Gasteiger partial charge in [-0.2, -0.15) is 0 Å². The number of methoxy groups -OCH3 is 2. The van der Waals surface area contributed by atoms with Gasteiger partial charge in [0.25, 0.3) is 0 Å². The van der Waals surface area contributed by atoms with Crippen molar-refractivity contribution in [1.29, 1.82) is 0 Å². The Bertz CT molecular complexity index is 716. The lowest BCUT2D eigenvalue weighted by atomic mass is 10.1. The topological polar surface area (TPSA) is 57.4 Å². The summed E-state index contributed by atoms with van der Waals surface area (Å²) in [5.74, 6) is 2.04. The predicted octanol–water partition coefficient (Wildman–Crippen LogP) is 3.42. The van der Waals surface area contributed by atoms with Crippen molar-refractivity contribution in [3.8, 4) is 34.1 Å². The highest BCUT2D eigenvalue weighted by Crippen LogP contribution is 2.31.